The van der Waals surface area contributed by atoms with E-state index in [0.29, 0.717) is 0 Å². The number of rotatable bonds is 4. The maximum Gasteiger partial charge on any atom is 0.185 e. The molecule has 3 heterocycles. The van der Waals surface area contributed by atoms with Gasteiger partial charge < -0.3 is 14.5 Å². The first-order valence-electron chi connectivity index (χ1n) is 8.68. The molecule has 0 amide bonds. The molecule has 0 saturated carbocycles. The minimum Gasteiger partial charge on any atom is -0.378 e. The largest absolute Gasteiger partial charge is 0.378 e. The van der Waals surface area contributed by atoms with Crippen LogP contribution in [0, 0.1) is 0 Å². The number of para-hydroxylation sites is 1. The van der Waals surface area contributed by atoms with Crippen LogP contribution >= 0.6 is 11.3 Å². The number of anilines is 2. The zero-order valence-corrected chi connectivity index (χ0v) is 14.7. The van der Waals surface area contributed by atoms with Gasteiger partial charge in [0.15, 0.2) is 5.13 Å². The Bertz CT molecular complexity index is 633. The molecule has 1 aromatic carbocycles. The summed E-state index contributed by atoms with van der Waals surface area (Å²) in [6.07, 6.45) is 2.05. The van der Waals surface area contributed by atoms with Crippen LogP contribution in [0.25, 0.3) is 0 Å². The molecule has 0 bridgehead atoms. The highest BCUT2D eigenvalue weighted by molar-refractivity contribution is 7.15. The Morgan fingerprint density at radius 1 is 0.917 bits per heavy atom. The van der Waals surface area contributed by atoms with Crippen molar-refractivity contribution in [2.45, 2.75) is 6.54 Å². The van der Waals surface area contributed by atoms with Gasteiger partial charge >= 0.3 is 0 Å². The fourth-order valence-corrected chi connectivity index (χ4v) is 4.30. The maximum atomic E-state index is 5.42. The summed E-state index contributed by atoms with van der Waals surface area (Å²) in [4.78, 5) is 13.3. The highest BCUT2D eigenvalue weighted by Gasteiger charge is 2.19. The molecule has 5 nitrogen and oxygen atoms in total. The van der Waals surface area contributed by atoms with Gasteiger partial charge in [-0.25, -0.2) is 4.98 Å². The van der Waals surface area contributed by atoms with Gasteiger partial charge in [0, 0.05) is 62.6 Å². The number of ether oxygens (including phenoxy) is 1. The van der Waals surface area contributed by atoms with E-state index in [0.717, 1.165) is 64.2 Å². The molecule has 24 heavy (non-hydrogen) atoms. The van der Waals surface area contributed by atoms with Crippen molar-refractivity contribution in [3.8, 4) is 0 Å². The highest BCUT2D eigenvalue weighted by Crippen LogP contribution is 2.25. The SMILES string of the molecule is c1ccc(N2CCN(Cc3cnc(N4CCOCC4)s3)CC2)cc1. The van der Waals surface area contributed by atoms with Gasteiger partial charge in [-0.2, -0.15) is 0 Å². The molecule has 0 unspecified atom stereocenters. The van der Waals surface area contributed by atoms with Crippen LogP contribution < -0.4 is 9.80 Å². The third kappa shape index (κ3) is 3.71. The number of morpholine rings is 1. The molecule has 6 heteroatoms. The van der Waals surface area contributed by atoms with Crippen LogP contribution in [-0.4, -0.2) is 62.4 Å². The molecule has 4 rings (SSSR count). The van der Waals surface area contributed by atoms with Gasteiger partial charge in [0.1, 0.15) is 0 Å². The van der Waals surface area contributed by atoms with E-state index in [1.165, 1.54) is 10.6 Å². The number of benzene rings is 1. The number of thiazole rings is 1. The molecule has 2 aromatic rings. The second-order valence-electron chi connectivity index (χ2n) is 6.31. The van der Waals surface area contributed by atoms with Gasteiger partial charge in [0.05, 0.1) is 13.2 Å². The highest BCUT2D eigenvalue weighted by atomic mass is 32.1. The van der Waals surface area contributed by atoms with E-state index in [1.807, 2.05) is 11.3 Å². The Balaban J connectivity index is 1.30. The maximum absolute atomic E-state index is 5.42. The molecular formula is C18H24N4OS. The molecule has 0 aliphatic carbocycles. The van der Waals surface area contributed by atoms with E-state index in [4.69, 9.17) is 4.74 Å². The topological polar surface area (TPSA) is 31.8 Å². The standard InChI is InChI=1S/C18H24N4OS/c1-2-4-16(5-3-1)21-8-6-20(7-9-21)15-17-14-19-18(24-17)22-10-12-23-13-11-22/h1-5,14H,6-13,15H2. The number of piperazine rings is 1. The summed E-state index contributed by atoms with van der Waals surface area (Å²) < 4.78 is 5.42. The first-order valence-corrected chi connectivity index (χ1v) is 9.50. The Labute approximate surface area is 147 Å². The number of hydrogen-bond donors (Lipinski definition) is 0. The van der Waals surface area contributed by atoms with Crippen LogP contribution in [-0.2, 0) is 11.3 Å². The van der Waals surface area contributed by atoms with E-state index >= 15 is 0 Å². The quantitative estimate of drug-likeness (QED) is 0.850. The predicted octanol–water partition coefficient (Wildman–Crippen LogP) is 2.30. The van der Waals surface area contributed by atoms with Crippen LogP contribution in [0.4, 0.5) is 10.8 Å². The molecule has 2 aliphatic heterocycles. The molecule has 2 saturated heterocycles. The molecule has 2 fully saturated rings. The molecule has 128 valence electrons. The van der Waals surface area contributed by atoms with Crippen molar-refractivity contribution in [1.82, 2.24) is 9.88 Å². The molecule has 0 spiro atoms. The van der Waals surface area contributed by atoms with Gasteiger partial charge in [-0.1, -0.05) is 18.2 Å². The average Bonchev–Trinajstić information content (AvgIpc) is 3.12. The van der Waals surface area contributed by atoms with Gasteiger partial charge in [0.25, 0.3) is 0 Å². The smallest absolute Gasteiger partial charge is 0.185 e. The molecule has 0 atom stereocenters. The number of aromatic nitrogens is 1. The zero-order chi connectivity index (χ0) is 16.2. The molecule has 0 radical (unpaired) electrons. The summed E-state index contributed by atoms with van der Waals surface area (Å²) in [7, 11) is 0. The van der Waals surface area contributed by atoms with E-state index in [9.17, 15) is 0 Å². The zero-order valence-electron chi connectivity index (χ0n) is 13.9. The Morgan fingerprint density at radius 2 is 1.67 bits per heavy atom. The van der Waals surface area contributed by atoms with E-state index < -0.39 is 0 Å². The fraction of sp³-hybridized carbons (Fsp3) is 0.500. The molecule has 2 aliphatic rings. The van der Waals surface area contributed by atoms with Gasteiger partial charge in [0.2, 0.25) is 0 Å². The lowest BCUT2D eigenvalue weighted by Crippen LogP contribution is -2.45. The Hall–Kier alpha value is -1.63. The summed E-state index contributed by atoms with van der Waals surface area (Å²) in [6.45, 7) is 8.99. The average molecular weight is 344 g/mol. The lowest BCUT2D eigenvalue weighted by atomic mass is 10.2. The molecule has 0 N–H and O–H groups in total. The third-order valence-electron chi connectivity index (χ3n) is 4.70. The lowest BCUT2D eigenvalue weighted by Gasteiger charge is -2.35. The van der Waals surface area contributed by atoms with Crippen LogP contribution in [0.5, 0.6) is 0 Å². The Kier molecular flexibility index (Phi) is 4.96. The first kappa shape index (κ1) is 15.9. The summed E-state index contributed by atoms with van der Waals surface area (Å²) in [5.74, 6) is 0. The van der Waals surface area contributed by atoms with Crippen LogP contribution in [0.2, 0.25) is 0 Å². The van der Waals surface area contributed by atoms with Crippen LogP contribution in [0.15, 0.2) is 36.5 Å². The van der Waals surface area contributed by atoms with Crippen molar-refractivity contribution in [3.63, 3.8) is 0 Å². The van der Waals surface area contributed by atoms with Crippen LogP contribution in [0.3, 0.4) is 0 Å². The van der Waals surface area contributed by atoms with Crippen molar-refractivity contribution in [1.29, 1.82) is 0 Å². The van der Waals surface area contributed by atoms with Crippen molar-refractivity contribution in [2.24, 2.45) is 0 Å². The normalized spacial score (nSPS) is 19.7. The van der Waals surface area contributed by atoms with E-state index in [2.05, 4.69) is 56.2 Å². The monoisotopic (exact) mass is 344 g/mol. The lowest BCUT2D eigenvalue weighted by molar-refractivity contribution is 0.122. The van der Waals surface area contributed by atoms with Crippen molar-refractivity contribution >= 4 is 22.2 Å². The second-order valence-corrected chi connectivity index (χ2v) is 7.40. The summed E-state index contributed by atoms with van der Waals surface area (Å²) >= 11 is 1.83. The first-order chi connectivity index (χ1) is 11.9. The van der Waals surface area contributed by atoms with Crippen molar-refractivity contribution < 1.29 is 4.74 Å². The van der Waals surface area contributed by atoms with E-state index in [-0.39, 0.29) is 0 Å². The minimum atomic E-state index is 0.816. The number of nitrogens with zero attached hydrogens (tertiary/aromatic N) is 4. The molecular weight excluding hydrogens is 320 g/mol. The minimum absolute atomic E-state index is 0.816. The predicted molar refractivity (Wildman–Crippen MR) is 99.1 cm³/mol. The fourth-order valence-electron chi connectivity index (χ4n) is 3.29. The van der Waals surface area contributed by atoms with E-state index in [1.54, 1.807) is 0 Å². The van der Waals surface area contributed by atoms with Gasteiger partial charge in [-0.3, -0.25) is 4.90 Å². The summed E-state index contributed by atoms with van der Waals surface area (Å²) in [6, 6.07) is 10.7. The van der Waals surface area contributed by atoms with Crippen LogP contribution in [0.1, 0.15) is 4.88 Å². The molecule has 1 aromatic heterocycles. The van der Waals surface area contributed by atoms with Crippen molar-refractivity contribution in [2.75, 3.05) is 62.3 Å². The Morgan fingerprint density at radius 3 is 2.42 bits per heavy atom. The van der Waals surface area contributed by atoms with Crippen molar-refractivity contribution in [3.05, 3.63) is 41.4 Å². The van der Waals surface area contributed by atoms with Gasteiger partial charge in [-0.15, -0.1) is 11.3 Å². The second kappa shape index (κ2) is 7.51. The summed E-state index contributed by atoms with van der Waals surface area (Å²) in [5.41, 5.74) is 1.34. The third-order valence-corrected chi connectivity index (χ3v) is 5.74. The van der Waals surface area contributed by atoms with Gasteiger partial charge in [-0.05, 0) is 12.1 Å². The number of hydrogen-bond acceptors (Lipinski definition) is 6. The summed E-state index contributed by atoms with van der Waals surface area (Å²) in [5, 5.41) is 1.15.